The second-order valence-corrected chi connectivity index (χ2v) is 18.4. The second-order valence-electron chi connectivity index (χ2n) is 12.7. The van der Waals surface area contributed by atoms with Gasteiger partial charge in [0.05, 0.1) is 17.9 Å². The van der Waals surface area contributed by atoms with Crippen LogP contribution in [0.5, 0.6) is 11.5 Å². The van der Waals surface area contributed by atoms with Gasteiger partial charge >= 0.3 is 5.97 Å². The number of phenols is 1. The quantitative estimate of drug-likeness (QED) is 0.227. The summed E-state index contributed by atoms with van der Waals surface area (Å²) in [6, 6.07) is 13.5. The molecule has 0 spiro atoms. The summed E-state index contributed by atoms with van der Waals surface area (Å²) in [6.07, 6.45) is 8.22. The highest BCUT2D eigenvalue weighted by atomic mass is 28.3. The molecule has 2 N–H and O–H groups in total. The van der Waals surface area contributed by atoms with E-state index in [0.29, 0.717) is 17.8 Å². The number of aromatic hydroxyl groups is 1. The van der Waals surface area contributed by atoms with Crippen molar-refractivity contribution in [2.75, 3.05) is 18.5 Å². The largest absolute Gasteiger partial charge is 0.506 e. The van der Waals surface area contributed by atoms with Gasteiger partial charge in [0.2, 0.25) is 0 Å². The summed E-state index contributed by atoms with van der Waals surface area (Å²) in [5, 5.41) is 12.8. The Morgan fingerprint density at radius 2 is 1.59 bits per heavy atom. The fraction of sp³-hybridized carbons (Fsp3) is 0.533. The van der Waals surface area contributed by atoms with Crippen molar-refractivity contribution in [2.45, 2.75) is 69.6 Å². The molecule has 0 atom stereocenters. The first-order valence-corrected chi connectivity index (χ1v) is 17.3. The summed E-state index contributed by atoms with van der Waals surface area (Å²) in [6.45, 7) is 6.83. The van der Waals surface area contributed by atoms with Gasteiger partial charge in [0.15, 0.2) is 6.61 Å². The maximum atomic E-state index is 12.5. The van der Waals surface area contributed by atoms with Crippen LogP contribution in [0.3, 0.4) is 0 Å². The highest BCUT2D eigenvalue weighted by Gasteiger charge is 2.51. The van der Waals surface area contributed by atoms with Gasteiger partial charge in [-0.15, -0.1) is 0 Å². The van der Waals surface area contributed by atoms with Gasteiger partial charge in [-0.1, -0.05) is 31.8 Å². The molecular weight excluding hydrogens is 482 g/mol. The van der Waals surface area contributed by atoms with E-state index < -0.39 is 20.0 Å². The number of hydrogen-bond acceptors (Lipinski definition) is 5. The van der Waals surface area contributed by atoms with E-state index in [1.807, 2.05) is 12.1 Å². The fourth-order valence-electron chi connectivity index (χ4n) is 7.00. The standard InChI is InChI=1S/C30H39NO5Si/c1-37(2,3)11-10-35-29(34)23-4-9-27(32)26(15-23)31-28(33)19-36-25-7-5-24(6-8-25)30-16-20-12-21(17-30)14-22(13-20)18-30/h4-9,15,20-22,32H,10-14,16-19H2,1-3H3,(H,31,33). The molecule has 37 heavy (non-hydrogen) atoms. The van der Waals surface area contributed by atoms with Gasteiger partial charge in [-0.05, 0) is 104 Å². The van der Waals surface area contributed by atoms with Crippen LogP contribution >= 0.6 is 0 Å². The van der Waals surface area contributed by atoms with Crippen LogP contribution in [0.2, 0.25) is 25.7 Å². The van der Waals surface area contributed by atoms with Crippen LogP contribution in [0.1, 0.15) is 54.4 Å². The molecule has 1 amide bonds. The molecule has 6 rings (SSSR count). The van der Waals surface area contributed by atoms with E-state index in [4.69, 9.17) is 9.47 Å². The van der Waals surface area contributed by atoms with Crippen LogP contribution in [0, 0.1) is 17.8 Å². The second kappa shape index (κ2) is 10.2. The summed E-state index contributed by atoms with van der Waals surface area (Å²) in [4.78, 5) is 24.9. The number of ether oxygens (including phenoxy) is 2. The molecule has 4 aliphatic carbocycles. The van der Waals surface area contributed by atoms with Gasteiger partial charge in [-0.2, -0.15) is 0 Å². The highest BCUT2D eigenvalue weighted by Crippen LogP contribution is 2.60. The predicted molar refractivity (Wildman–Crippen MR) is 147 cm³/mol. The Hall–Kier alpha value is -2.80. The Kier molecular flexibility index (Phi) is 7.09. The third-order valence-corrected chi connectivity index (χ3v) is 10.2. The third kappa shape index (κ3) is 6.03. The van der Waals surface area contributed by atoms with E-state index in [2.05, 4.69) is 37.1 Å². The minimum atomic E-state index is -1.31. The lowest BCUT2D eigenvalue weighted by Crippen LogP contribution is -2.48. The smallest absolute Gasteiger partial charge is 0.338 e. The minimum Gasteiger partial charge on any atom is -0.506 e. The van der Waals surface area contributed by atoms with Crippen LogP contribution < -0.4 is 10.1 Å². The van der Waals surface area contributed by atoms with Gasteiger partial charge in [0.25, 0.3) is 5.91 Å². The molecular formula is C30H39NO5Si. The van der Waals surface area contributed by atoms with Crippen molar-refractivity contribution in [3.8, 4) is 11.5 Å². The SMILES string of the molecule is C[Si](C)(C)CCOC(=O)c1ccc(O)c(NC(=O)COc2ccc(C34CC5CC(CC(C5)C3)C4)cc2)c1. The summed E-state index contributed by atoms with van der Waals surface area (Å²) >= 11 is 0. The van der Waals surface area contributed by atoms with E-state index in [1.165, 1.54) is 62.3 Å². The van der Waals surface area contributed by atoms with Crippen LogP contribution in [0.15, 0.2) is 42.5 Å². The molecule has 7 heteroatoms. The van der Waals surface area contributed by atoms with Crippen molar-refractivity contribution >= 4 is 25.6 Å². The molecule has 0 radical (unpaired) electrons. The van der Waals surface area contributed by atoms with Crippen molar-refractivity contribution < 1.29 is 24.2 Å². The van der Waals surface area contributed by atoms with Gasteiger partial charge in [-0.25, -0.2) is 4.79 Å². The lowest BCUT2D eigenvalue weighted by Gasteiger charge is -2.57. The van der Waals surface area contributed by atoms with E-state index >= 15 is 0 Å². The molecule has 0 saturated heterocycles. The maximum Gasteiger partial charge on any atom is 0.338 e. The predicted octanol–water partition coefficient (Wildman–Crippen LogP) is 6.37. The normalized spacial score (nSPS) is 26.1. The number of benzene rings is 2. The number of carbonyl (C=O) groups is 2. The highest BCUT2D eigenvalue weighted by molar-refractivity contribution is 6.76. The first kappa shape index (κ1) is 25.8. The molecule has 2 aromatic carbocycles. The van der Waals surface area contributed by atoms with Crippen molar-refractivity contribution in [3.63, 3.8) is 0 Å². The Labute approximate surface area is 220 Å². The Morgan fingerprint density at radius 1 is 0.973 bits per heavy atom. The lowest BCUT2D eigenvalue weighted by atomic mass is 9.48. The van der Waals surface area contributed by atoms with Crippen molar-refractivity contribution in [3.05, 3.63) is 53.6 Å². The third-order valence-electron chi connectivity index (χ3n) is 8.47. The number of esters is 1. The molecule has 198 valence electrons. The molecule has 4 aliphatic rings. The fourth-order valence-corrected chi connectivity index (χ4v) is 7.71. The molecule has 6 nitrogen and oxygen atoms in total. The number of amides is 1. The van der Waals surface area contributed by atoms with Crippen molar-refractivity contribution in [2.24, 2.45) is 17.8 Å². The van der Waals surface area contributed by atoms with E-state index in [-0.39, 0.29) is 23.6 Å². The molecule has 4 fully saturated rings. The summed E-state index contributed by atoms with van der Waals surface area (Å²) < 4.78 is 11.1. The van der Waals surface area contributed by atoms with Crippen LogP contribution in [-0.4, -0.2) is 38.3 Å². The number of carbonyl (C=O) groups excluding carboxylic acids is 2. The average Bonchev–Trinajstić information content (AvgIpc) is 2.83. The number of hydrogen-bond donors (Lipinski definition) is 2. The van der Waals surface area contributed by atoms with Gasteiger partial charge in [-0.3, -0.25) is 4.79 Å². The van der Waals surface area contributed by atoms with E-state index in [9.17, 15) is 14.7 Å². The zero-order chi connectivity index (χ0) is 26.2. The molecule has 4 bridgehead atoms. The summed E-state index contributed by atoms with van der Waals surface area (Å²) in [5.74, 6) is 2.33. The maximum absolute atomic E-state index is 12.5. The first-order chi connectivity index (χ1) is 17.6. The monoisotopic (exact) mass is 521 g/mol. The topological polar surface area (TPSA) is 84.9 Å². The molecule has 0 unspecified atom stereocenters. The Morgan fingerprint density at radius 3 is 2.19 bits per heavy atom. The molecule has 0 aliphatic heterocycles. The van der Waals surface area contributed by atoms with Crippen LogP contribution in [0.25, 0.3) is 0 Å². The average molecular weight is 522 g/mol. The molecule has 2 aromatic rings. The molecule has 0 heterocycles. The number of phenolic OH excluding ortho intramolecular Hbond substituents is 1. The van der Waals surface area contributed by atoms with Gasteiger partial charge < -0.3 is 19.9 Å². The number of nitrogens with one attached hydrogen (secondary N) is 1. The first-order valence-electron chi connectivity index (χ1n) is 13.6. The molecule has 0 aromatic heterocycles. The summed E-state index contributed by atoms with van der Waals surface area (Å²) in [5.41, 5.74) is 2.19. The van der Waals surface area contributed by atoms with Gasteiger partial charge in [0.1, 0.15) is 11.5 Å². The van der Waals surface area contributed by atoms with E-state index in [1.54, 1.807) is 0 Å². The van der Waals surface area contributed by atoms with Crippen molar-refractivity contribution in [1.82, 2.24) is 0 Å². The van der Waals surface area contributed by atoms with E-state index in [0.717, 1.165) is 23.8 Å². The van der Waals surface area contributed by atoms with Crippen LogP contribution in [0.4, 0.5) is 5.69 Å². The van der Waals surface area contributed by atoms with Crippen molar-refractivity contribution in [1.29, 1.82) is 0 Å². The van der Waals surface area contributed by atoms with Crippen LogP contribution in [-0.2, 0) is 14.9 Å². The lowest BCUT2D eigenvalue weighted by molar-refractivity contribution is -0.118. The Bertz CT molecular complexity index is 1120. The number of anilines is 1. The van der Waals surface area contributed by atoms with Gasteiger partial charge in [0, 0.05) is 8.07 Å². The number of rotatable bonds is 9. The molecule has 4 saturated carbocycles. The zero-order valence-electron chi connectivity index (χ0n) is 22.2. The Balaban J connectivity index is 1.14. The zero-order valence-corrected chi connectivity index (χ0v) is 23.2. The summed E-state index contributed by atoms with van der Waals surface area (Å²) in [7, 11) is -1.31. The minimum absolute atomic E-state index is 0.119.